The number of nitrogens with one attached hydrogen (secondary N) is 2. The van der Waals surface area contributed by atoms with E-state index in [2.05, 4.69) is 12.2 Å². The fourth-order valence-corrected chi connectivity index (χ4v) is 4.97. The van der Waals surface area contributed by atoms with E-state index >= 15 is 0 Å². The van der Waals surface area contributed by atoms with Crippen molar-refractivity contribution in [2.45, 2.75) is 19.9 Å². The Hall–Kier alpha value is -2.48. The maximum absolute atomic E-state index is 14.1. The van der Waals surface area contributed by atoms with E-state index in [0.29, 0.717) is 13.2 Å². The van der Waals surface area contributed by atoms with E-state index < -0.39 is 0 Å². The van der Waals surface area contributed by atoms with Crippen molar-refractivity contribution in [1.82, 2.24) is 0 Å². The van der Waals surface area contributed by atoms with Crippen molar-refractivity contribution in [2.24, 2.45) is 0 Å². The Morgan fingerprint density at radius 1 is 1.21 bits per heavy atom. The van der Waals surface area contributed by atoms with Gasteiger partial charge in [-0.15, -0.1) is 11.3 Å². The molecule has 1 saturated heterocycles. The topological polar surface area (TPSA) is 55.9 Å². The predicted molar refractivity (Wildman–Crippen MR) is 110 cm³/mol. The van der Waals surface area contributed by atoms with Crippen molar-refractivity contribution in [2.75, 3.05) is 31.6 Å². The van der Waals surface area contributed by atoms with Crippen LogP contribution >= 0.6 is 11.3 Å². The number of aryl methyl sites for hydroxylation is 1. The smallest absolute Gasteiger partial charge is 0.291 e. The molecule has 152 valence electrons. The van der Waals surface area contributed by atoms with Crippen molar-refractivity contribution in [3.63, 3.8) is 0 Å². The van der Waals surface area contributed by atoms with Crippen LogP contribution in [-0.4, -0.2) is 32.2 Å². The molecular formula is C22H24FN2O3S+. The predicted octanol–water partition coefficient (Wildman–Crippen LogP) is 3.35. The number of furan rings is 1. The van der Waals surface area contributed by atoms with Crippen LogP contribution in [0.3, 0.4) is 0 Å². The van der Waals surface area contributed by atoms with Gasteiger partial charge in [0.25, 0.3) is 5.91 Å². The van der Waals surface area contributed by atoms with Gasteiger partial charge in [-0.1, -0.05) is 12.1 Å². The molecule has 7 heteroatoms. The Morgan fingerprint density at radius 3 is 2.69 bits per heavy atom. The summed E-state index contributed by atoms with van der Waals surface area (Å²) in [5.41, 5.74) is 3.06. The molecule has 5 nitrogen and oxygen atoms in total. The third kappa shape index (κ3) is 4.12. The van der Waals surface area contributed by atoms with Crippen LogP contribution in [-0.2, 0) is 4.74 Å². The van der Waals surface area contributed by atoms with Crippen molar-refractivity contribution >= 4 is 22.2 Å². The van der Waals surface area contributed by atoms with E-state index in [1.54, 1.807) is 35.6 Å². The summed E-state index contributed by atoms with van der Waals surface area (Å²) >= 11 is 1.55. The molecule has 1 atom stereocenters. The molecule has 3 heterocycles. The van der Waals surface area contributed by atoms with Gasteiger partial charge in [0.15, 0.2) is 5.76 Å². The molecule has 0 aliphatic carbocycles. The second-order valence-corrected chi connectivity index (χ2v) is 8.44. The maximum Gasteiger partial charge on any atom is 0.291 e. The van der Waals surface area contributed by atoms with Gasteiger partial charge in [0, 0.05) is 10.4 Å². The molecule has 0 saturated carbocycles. The highest BCUT2D eigenvalue weighted by Crippen LogP contribution is 2.38. The molecule has 2 aromatic heterocycles. The summed E-state index contributed by atoms with van der Waals surface area (Å²) in [6.45, 7) is 7.08. The molecule has 1 aromatic carbocycles. The molecule has 1 fully saturated rings. The molecule has 0 spiro atoms. The number of thiophene rings is 1. The molecular weight excluding hydrogens is 391 g/mol. The Kier molecular flexibility index (Phi) is 5.80. The van der Waals surface area contributed by atoms with Crippen molar-refractivity contribution in [3.05, 3.63) is 75.8 Å². The molecule has 0 unspecified atom stereocenters. The lowest BCUT2D eigenvalue weighted by Crippen LogP contribution is -3.14. The standard InChI is InChI=1S/C22H23FN2O3S/c1-14-15(2)29-22(24-21(26)18-7-4-10-28-18)19(14)20(25-8-11-27-12-9-25)16-5-3-6-17(23)13-16/h3-7,10,13,20H,8-9,11-12H2,1-2H3,(H,24,26)/p+1/t20-/m0/s1. The van der Waals surface area contributed by atoms with E-state index in [0.717, 1.165) is 39.7 Å². The second-order valence-electron chi connectivity index (χ2n) is 7.22. The molecule has 1 aliphatic heterocycles. The molecule has 0 bridgehead atoms. The number of halogens is 1. The minimum atomic E-state index is -0.285. The van der Waals surface area contributed by atoms with Gasteiger partial charge in [0.2, 0.25) is 0 Å². The second kappa shape index (κ2) is 8.49. The Morgan fingerprint density at radius 2 is 2.00 bits per heavy atom. The summed E-state index contributed by atoms with van der Waals surface area (Å²) in [5, 5.41) is 3.81. The first kappa shape index (κ1) is 19.8. The SMILES string of the molecule is Cc1sc(NC(=O)c2ccco2)c([C@H](c2cccc(F)c2)[NH+]2CCOCC2)c1C. The normalized spacial score (nSPS) is 16.0. The molecule has 1 aliphatic rings. The van der Waals surface area contributed by atoms with Crippen LogP contribution in [0.25, 0.3) is 0 Å². The fourth-order valence-electron chi connectivity index (χ4n) is 3.87. The van der Waals surface area contributed by atoms with Crippen LogP contribution in [0.1, 0.15) is 38.2 Å². The number of carbonyl (C=O) groups excluding carboxylic acids is 1. The third-order valence-corrected chi connectivity index (χ3v) is 6.56. The van der Waals surface area contributed by atoms with Crippen LogP contribution in [0.15, 0.2) is 47.1 Å². The number of ether oxygens (including phenoxy) is 1. The first-order valence-corrected chi connectivity index (χ1v) is 10.5. The number of amides is 1. The largest absolute Gasteiger partial charge is 0.459 e. The number of hydrogen-bond acceptors (Lipinski definition) is 4. The number of benzene rings is 1. The molecule has 4 rings (SSSR count). The summed E-state index contributed by atoms with van der Waals surface area (Å²) < 4.78 is 24.9. The summed E-state index contributed by atoms with van der Waals surface area (Å²) in [6.07, 6.45) is 1.48. The molecule has 29 heavy (non-hydrogen) atoms. The van der Waals surface area contributed by atoms with Gasteiger partial charge in [-0.2, -0.15) is 0 Å². The van der Waals surface area contributed by atoms with Crippen LogP contribution < -0.4 is 10.2 Å². The van der Waals surface area contributed by atoms with Gasteiger partial charge >= 0.3 is 0 Å². The van der Waals surface area contributed by atoms with Crippen molar-refractivity contribution in [1.29, 1.82) is 0 Å². The minimum Gasteiger partial charge on any atom is -0.459 e. The van der Waals surface area contributed by atoms with Gasteiger partial charge in [-0.05, 0) is 43.7 Å². The lowest BCUT2D eigenvalue weighted by atomic mass is 9.94. The van der Waals surface area contributed by atoms with Crippen LogP contribution in [0.2, 0.25) is 0 Å². The number of hydrogen-bond donors (Lipinski definition) is 2. The Bertz CT molecular complexity index is 994. The average molecular weight is 416 g/mol. The van der Waals surface area contributed by atoms with E-state index in [4.69, 9.17) is 9.15 Å². The Labute approximate surface area is 173 Å². The van der Waals surface area contributed by atoms with Crippen LogP contribution in [0.5, 0.6) is 0 Å². The average Bonchev–Trinajstić information content (AvgIpc) is 3.34. The Balaban J connectivity index is 1.78. The molecule has 2 N–H and O–H groups in total. The molecule has 1 amide bonds. The first-order chi connectivity index (χ1) is 14.0. The summed E-state index contributed by atoms with van der Waals surface area (Å²) in [6, 6.07) is 9.99. The van der Waals surface area contributed by atoms with Crippen molar-refractivity contribution in [3.8, 4) is 0 Å². The van der Waals surface area contributed by atoms with Gasteiger partial charge in [-0.3, -0.25) is 4.79 Å². The number of morpholine rings is 1. The van der Waals surface area contributed by atoms with Gasteiger partial charge in [-0.25, -0.2) is 4.39 Å². The number of anilines is 1. The quantitative estimate of drug-likeness (QED) is 0.672. The zero-order valence-electron chi connectivity index (χ0n) is 16.5. The third-order valence-electron chi connectivity index (χ3n) is 5.42. The first-order valence-electron chi connectivity index (χ1n) is 9.67. The lowest BCUT2D eigenvalue weighted by Gasteiger charge is -2.32. The van der Waals surface area contributed by atoms with Gasteiger partial charge < -0.3 is 19.4 Å². The lowest BCUT2D eigenvalue weighted by molar-refractivity contribution is -0.933. The molecule has 3 aromatic rings. The van der Waals surface area contributed by atoms with Crippen molar-refractivity contribution < 1.29 is 23.2 Å². The van der Waals surface area contributed by atoms with E-state index in [9.17, 15) is 9.18 Å². The number of quaternary nitrogens is 1. The highest BCUT2D eigenvalue weighted by Gasteiger charge is 2.34. The maximum atomic E-state index is 14.1. The van der Waals surface area contributed by atoms with Crippen LogP contribution in [0, 0.1) is 19.7 Å². The van der Waals surface area contributed by atoms with E-state index in [1.165, 1.54) is 17.2 Å². The van der Waals surface area contributed by atoms with Crippen LogP contribution in [0.4, 0.5) is 9.39 Å². The zero-order valence-corrected chi connectivity index (χ0v) is 17.3. The number of rotatable bonds is 5. The summed E-state index contributed by atoms with van der Waals surface area (Å²) in [4.78, 5) is 15.1. The van der Waals surface area contributed by atoms with E-state index in [-0.39, 0.29) is 23.5 Å². The van der Waals surface area contributed by atoms with Gasteiger partial charge in [0.05, 0.1) is 25.0 Å². The molecule has 0 radical (unpaired) electrons. The monoisotopic (exact) mass is 415 g/mol. The highest BCUT2D eigenvalue weighted by atomic mass is 32.1. The minimum absolute atomic E-state index is 0.0912. The van der Waals surface area contributed by atoms with E-state index in [1.807, 2.05) is 13.0 Å². The van der Waals surface area contributed by atoms with Gasteiger partial charge in [0.1, 0.15) is 29.9 Å². The number of carbonyl (C=O) groups is 1. The zero-order chi connectivity index (χ0) is 20.4. The fraction of sp³-hybridized carbons (Fsp3) is 0.318. The summed E-state index contributed by atoms with van der Waals surface area (Å²) in [7, 11) is 0. The summed E-state index contributed by atoms with van der Waals surface area (Å²) in [5.74, 6) is -0.279. The highest BCUT2D eigenvalue weighted by molar-refractivity contribution is 7.16.